The zero-order valence-corrected chi connectivity index (χ0v) is 39.9. The van der Waals surface area contributed by atoms with E-state index in [-0.39, 0.29) is 45.4 Å². The first-order chi connectivity index (χ1) is 32.6. The number of carbonyl (C=O) groups excluding carboxylic acids is 1. The third-order valence-electron chi connectivity index (χ3n) is 15.7. The van der Waals surface area contributed by atoms with Crippen LogP contribution in [0.3, 0.4) is 0 Å². The van der Waals surface area contributed by atoms with E-state index in [4.69, 9.17) is 9.72 Å². The molecule has 0 radical (unpaired) electrons. The number of pyridine rings is 1. The Labute approximate surface area is 397 Å². The molecule has 3 aromatic carbocycles. The van der Waals surface area contributed by atoms with Crippen molar-refractivity contribution in [2.75, 3.05) is 42.9 Å². The van der Waals surface area contributed by atoms with Crippen LogP contribution in [0.4, 0.5) is 21.5 Å². The minimum absolute atomic E-state index is 0.0769. The monoisotopic (exact) mass is 947 g/mol. The molecule has 2 saturated heterocycles. The van der Waals surface area contributed by atoms with Gasteiger partial charge in [-0.15, -0.1) is 0 Å². The van der Waals surface area contributed by atoms with Crippen molar-refractivity contribution in [1.82, 2.24) is 19.6 Å². The molecule has 1 spiro atoms. The van der Waals surface area contributed by atoms with Crippen LogP contribution in [0.15, 0.2) is 77.8 Å². The molecule has 3 saturated carbocycles. The molecule has 16 heteroatoms. The number of hydrogen-bond donors (Lipinski definition) is 4. The fourth-order valence-corrected chi connectivity index (χ4v) is 12.5. The number of nitrogens with one attached hydrogen (secondary N) is 3. The van der Waals surface area contributed by atoms with E-state index >= 15 is 0 Å². The smallest absolute Gasteiger partial charge is 0.293 e. The number of fused-ring (bicyclic) bond motifs is 1. The van der Waals surface area contributed by atoms with Crippen molar-refractivity contribution in [2.45, 2.75) is 126 Å². The van der Waals surface area contributed by atoms with Crippen molar-refractivity contribution < 1.29 is 32.4 Å². The summed E-state index contributed by atoms with van der Waals surface area (Å²) in [6.45, 7) is 10.5. The molecule has 4 N–H and O–H groups in total. The number of nitro groups is 1. The van der Waals surface area contributed by atoms with Crippen LogP contribution in [0.5, 0.6) is 11.5 Å². The van der Waals surface area contributed by atoms with Crippen LogP contribution in [-0.2, 0) is 10.0 Å². The highest BCUT2D eigenvalue weighted by Crippen LogP contribution is 2.50. The Morgan fingerprint density at radius 2 is 1.74 bits per heavy atom. The molecular weight excluding hydrogens is 886 g/mol. The van der Waals surface area contributed by atoms with Crippen molar-refractivity contribution in [3.8, 4) is 11.5 Å². The quantitative estimate of drug-likeness (QED) is 0.0614. The number of nitrogens with zero attached hydrogens (tertiary/aromatic N) is 4. The molecule has 2 atom stereocenters. The van der Waals surface area contributed by atoms with Gasteiger partial charge in [0.2, 0.25) is 0 Å². The zero-order valence-electron chi connectivity index (χ0n) is 39.1. The van der Waals surface area contributed by atoms with E-state index in [2.05, 4.69) is 62.9 Å². The van der Waals surface area contributed by atoms with Crippen molar-refractivity contribution in [3.05, 3.63) is 111 Å². The second-order valence-electron chi connectivity index (χ2n) is 20.9. The maximum atomic E-state index is 15.0. The van der Waals surface area contributed by atoms with Crippen LogP contribution in [0.2, 0.25) is 0 Å². The molecule has 4 heterocycles. The first-order valence-corrected chi connectivity index (χ1v) is 25.9. The van der Waals surface area contributed by atoms with E-state index in [9.17, 15) is 32.8 Å². The van der Waals surface area contributed by atoms with Gasteiger partial charge in [-0.05, 0) is 136 Å². The Kier molecular flexibility index (Phi) is 12.3. The Morgan fingerprint density at radius 3 is 2.46 bits per heavy atom. The average Bonchev–Trinajstić information content (AvgIpc) is 3.93. The Morgan fingerprint density at radius 1 is 0.985 bits per heavy atom. The summed E-state index contributed by atoms with van der Waals surface area (Å²) in [6, 6.07) is 19.7. The lowest BCUT2D eigenvalue weighted by Gasteiger charge is -2.57. The summed E-state index contributed by atoms with van der Waals surface area (Å²) in [4.78, 5) is 37.9. The molecule has 5 aliphatic rings. The summed E-state index contributed by atoms with van der Waals surface area (Å²) >= 11 is 0. The molecule has 14 nitrogen and oxygen atoms in total. The molecule has 0 unspecified atom stereocenters. The topological polar surface area (TPSA) is 183 Å². The van der Waals surface area contributed by atoms with E-state index in [0.29, 0.717) is 48.6 Å². The molecule has 5 aromatic rings. The molecule has 360 valence electrons. The van der Waals surface area contributed by atoms with Crippen molar-refractivity contribution in [1.29, 1.82) is 0 Å². The molecule has 3 aliphatic carbocycles. The molecular formula is C52H62FN7O7S. The fourth-order valence-electron chi connectivity index (χ4n) is 11.5. The third-order valence-corrected chi connectivity index (χ3v) is 17.0. The zero-order chi connectivity index (χ0) is 47.5. The summed E-state index contributed by atoms with van der Waals surface area (Å²) in [5.74, 6) is 0.170. The van der Waals surface area contributed by atoms with Gasteiger partial charge in [-0.1, -0.05) is 44.5 Å². The number of halogens is 1. The van der Waals surface area contributed by atoms with Crippen molar-refractivity contribution in [3.63, 3.8) is 0 Å². The Balaban J connectivity index is 0.874. The lowest BCUT2D eigenvalue weighted by atomic mass is 9.70. The highest BCUT2D eigenvalue weighted by Gasteiger charge is 2.49. The number of piperidine rings is 1. The minimum Gasteiger partial charge on any atom is -0.454 e. The number of carbonyl (C=O) groups is 1. The Bertz CT molecular complexity index is 2840. The highest BCUT2D eigenvalue weighted by molar-refractivity contribution is 7.90. The van der Waals surface area contributed by atoms with Crippen LogP contribution in [0.25, 0.3) is 11.0 Å². The van der Waals surface area contributed by atoms with Crippen LogP contribution >= 0.6 is 0 Å². The number of anilines is 2. The standard InChI is InChI=1S/C52H62FN7O7S/c1-32(2)37-7-4-5-8-38(37)39-9-6-10-44(39)59-30-52(31-59)21-23-58(24-22-52)35-13-15-40(46(25-35)67-47-27-41-42(53)29-55-49(41)56-48(47)34-11-12-34)50(61)57-68(65,66)36-14-16-43(45(26-36)60(63)64)54-28-33-17-19-51(3,62)20-18-33/h4-5,7-8,13-16,25-27,29,32-34,39,44,54,62H,6,9-12,17-24,28,30-31H2,1-3H3,(H,55,56)(H,57,61)/t33-,39-,44-,51-/m0/s1. The van der Waals surface area contributed by atoms with Gasteiger partial charge in [0.15, 0.2) is 0 Å². The van der Waals surface area contributed by atoms with Crippen LogP contribution in [-0.4, -0.2) is 83.6 Å². The van der Waals surface area contributed by atoms with Crippen molar-refractivity contribution >= 4 is 44.0 Å². The fraction of sp³-hybridized carbons (Fsp3) is 0.500. The summed E-state index contributed by atoms with van der Waals surface area (Å²) in [7, 11) is -4.63. The largest absolute Gasteiger partial charge is 0.454 e. The molecule has 0 bridgehead atoms. The van der Waals surface area contributed by atoms with Gasteiger partial charge in [0, 0.05) is 68.7 Å². The lowest BCUT2D eigenvalue weighted by molar-refractivity contribution is -0.384. The lowest BCUT2D eigenvalue weighted by Crippen LogP contribution is -2.63. The summed E-state index contributed by atoms with van der Waals surface area (Å²) < 4.78 is 51.4. The predicted octanol–water partition coefficient (Wildman–Crippen LogP) is 10.1. The van der Waals surface area contributed by atoms with E-state index in [1.807, 2.05) is 0 Å². The SMILES string of the molecule is CC(C)c1ccccc1[C@@H]1CCC[C@@H]1N1CC2(CCN(c3ccc(C(=O)NS(=O)(=O)c4ccc(NC[C@H]5CC[C@](C)(O)CC5)c([N+](=O)[O-])c4)c(Oc4cc5c(F)c[nH]c5nc4C4CC4)c3)CC2)C1. The number of sulfonamides is 1. The van der Waals surface area contributed by atoms with Crippen LogP contribution < -0.4 is 19.7 Å². The number of ether oxygens (including phenoxy) is 1. The maximum absolute atomic E-state index is 15.0. The number of nitro benzene ring substituents is 1. The normalized spacial score (nSPS) is 24.0. The number of benzene rings is 3. The van der Waals surface area contributed by atoms with Gasteiger partial charge in [0.25, 0.3) is 21.6 Å². The summed E-state index contributed by atoms with van der Waals surface area (Å²) in [5.41, 5.74) is 3.92. The summed E-state index contributed by atoms with van der Waals surface area (Å²) in [5, 5.41) is 25.9. The van der Waals surface area contributed by atoms with E-state index < -0.39 is 42.9 Å². The van der Waals surface area contributed by atoms with E-state index in [1.165, 1.54) is 48.7 Å². The van der Waals surface area contributed by atoms with Crippen molar-refractivity contribution in [2.24, 2.45) is 11.3 Å². The first-order valence-electron chi connectivity index (χ1n) is 24.4. The summed E-state index contributed by atoms with van der Waals surface area (Å²) in [6.07, 6.45) is 11.4. The number of amides is 1. The second kappa shape index (κ2) is 18.1. The number of rotatable bonds is 14. The average molecular weight is 948 g/mol. The Hall–Kier alpha value is -5.58. The van der Waals surface area contributed by atoms with Gasteiger partial charge < -0.3 is 25.0 Å². The number of aromatic amines is 1. The van der Waals surface area contributed by atoms with Crippen LogP contribution in [0.1, 0.15) is 136 Å². The predicted molar refractivity (Wildman–Crippen MR) is 260 cm³/mol. The van der Waals surface area contributed by atoms with Gasteiger partial charge in [0.1, 0.15) is 28.7 Å². The van der Waals surface area contributed by atoms with Gasteiger partial charge in [-0.2, -0.15) is 0 Å². The molecule has 2 aromatic heterocycles. The van der Waals surface area contributed by atoms with E-state index in [0.717, 1.165) is 76.5 Å². The second-order valence-corrected chi connectivity index (χ2v) is 22.6. The number of aromatic nitrogens is 2. The van der Waals surface area contributed by atoms with Gasteiger partial charge >= 0.3 is 0 Å². The molecule has 10 rings (SSSR count). The van der Waals surface area contributed by atoms with Gasteiger partial charge in [0.05, 0.1) is 32.1 Å². The highest BCUT2D eigenvalue weighted by atomic mass is 32.2. The number of aliphatic hydroxyl groups is 1. The molecule has 2 aliphatic heterocycles. The van der Waals surface area contributed by atoms with Gasteiger partial charge in [-0.25, -0.2) is 22.5 Å². The number of likely N-dealkylation sites (tertiary alicyclic amines) is 1. The minimum atomic E-state index is -4.63. The number of H-pyrrole nitrogens is 1. The molecule has 1 amide bonds. The van der Waals surface area contributed by atoms with Crippen LogP contribution in [0, 0.1) is 27.3 Å². The van der Waals surface area contributed by atoms with E-state index in [1.54, 1.807) is 31.2 Å². The molecule has 68 heavy (non-hydrogen) atoms. The molecule has 5 fully saturated rings. The van der Waals surface area contributed by atoms with Gasteiger partial charge in [-0.3, -0.25) is 19.8 Å². The first kappa shape index (κ1) is 46.2. The maximum Gasteiger partial charge on any atom is 0.293 e. The third kappa shape index (κ3) is 9.30. The number of hydrogen-bond acceptors (Lipinski definition) is 11.